The van der Waals surface area contributed by atoms with Gasteiger partial charge in [-0.05, 0) is 46.0 Å². The van der Waals surface area contributed by atoms with Crippen molar-refractivity contribution in [2.45, 2.75) is 44.8 Å². The summed E-state index contributed by atoms with van der Waals surface area (Å²) in [4.78, 5) is 4.75. The van der Waals surface area contributed by atoms with Crippen LogP contribution in [0.5, 0.6) is 0 Å². The third-order valence-electron chi connectivity index (χ3n) is 4.08. The monoisotopic (exact) mass is 261 g/mol. The second kappa shape index (κ2) is 5.77. The number of nitriles is 1. The summed E-state index contributed by atoms with van der Waals surface area (Å²) < 4.78 is 5.49. The molecule has 0 N–H and O–H groups in total. The minimum absolute atomic E-state index is 0.0824. The lowest BCUT2D eigenvalue weighted by molar-refractivity contribution is 0.0609. The zero-order chi connectivity index (χ0) is 13.9. The number of nitrogens with zero attached hydrogens (tertiary/aromatic N) is 3. The van der Waals surface area contributed by atoms with Crippen LogP contribution in [0.2, 0.25) is 0 Å². The lowest BCUT2D eigenvalue weighted by atomic mass is 9.96. The maximum atomic E-state index is 9.09. The van der Waals surface area contributed by atoms with Gasteiger partial charge >= 0.3 is 0 Å². The normalized spacial score (nSPS) is 24.8. The van der Waals surface area contributed by atoms with Gasteiger partial charge in [0.05, 0.1) is 25.3 Å². The SMILES string of the molecule is CN1CCC(C)(C)N(Cc2ccco2)C(CC#N)C1. The molecule has 0 spiro atoms. The van der Waals surface area contributed by atoms with Crippen LogP contribution in [-0.4, -0.2) is 41.5 Å². The van der Waals surface area contributed by atoms with Gasteiger partial charge in [0, 0.05) is 18.1 Å². The first-order chi connectivity index (χ1) is 9.03. The molecule has 1 atom stereocenters. The Morgan fingerprint density at radius 2 is 2.32 bits per heavy atom. The van der Waals surface area contributed by atoms with Gasteiger partial charge < -0.3 is 9.32 Å². The molecular formula is C15H23N3O. The van der Waals surface area contributed by atoms with E-state index in [9.17, 15) is 0 Å². The fraction of sp³-hybridized carbons (Fsp3) is 0.667. The van der Waals surface area contributed by atoms with Crippen LogP contribution in [0.3, 0.4) is 0 Å². The summed E-state index contributed by atoms with van der Waals surface area (Å²) in [7, 11) is 2.14. The number of likely N-dealkylation sites (N-methyl/N-ethyl adjacent to an activating group) is 1. The van der Waals surface area contributed by atoms with Gasteiger partial charge in [0.1, 0.15) is 5.76 Å². The van der Waals surface area contributed by atoms with Crippen molar-refractivity contribution in [2.24, 2.45) is 0 Å². The number of rotatable bonds is 3. The Balaban J connectivity index is 2.22. The molecule has 2 heterocycles. The first kappa shape index (κ1) is 14.1. The molecule has 1 fully saturated rings. The molecule has 1 aromatic rings. The Kier molecular flexibility index (Phi) is 4.28. The Morgan fingerprint density at radius 3 is 2.95 bits per heavy atom. The summed E-state index contributed by atoms with van der Waals surface area (Å²) in [5.41, 5.74) is 0.0824. The topological polar surface area (TPSA) is 43.4 Å². The highest BCUT2D eigenvalue weighted by atomic mass is 16.3. The van der Waals surface area contributed by atoms with Crippen LogP contribution in [0, 0.1) is 11.3 Å². The van der Waals surface area contributed by atoms with Crippen LogP contribution in [-0.2, 0) is 6.54 Å². The molecule has 104 valence electrons. The minimum Gasteiger partial charge on any atom is -0.468 e. The Labute approximate surface area is 115 Å². The first-order valence-corrected chi connectivity index (χ1v) is 6.87. The molecule has 1 unspecified atom stereocenters. The van der Waals surface area contributed by atoms with Gasteiger partial charge in [-0.1, -0.05) is 0 Å². The summed E-state index contributed by atoms with van der Waals surface area (Å²) in [6, 6.07) is 6.53. The van der Waals surface area contributed by atoms with Crippen LogP contribution < -0.4 is 0 Å². The van der Waals surface area contributed by atoms with Crippen molar-refractivity contribution in [1.29, 1.82) is 5.26 Å². The molecule has 19 heavy (non-hydrogen) atoms. The number of hydrogen-bond donors (Lipinski definition) is 0. The third kappa shape index (κ3) is 3.37. The lowest BCUT2D eigenvalue weighted by Crippen LogP contribution is -2.49. The molecule has 1 aliphatic rings. The van der Waals surface area contributed by atoms with Crippen LogP contribution in [0.1, 0.15) is 32.4 Å². The molecule has 1 aromatic heterocycles. The summed E-state index contributed by atoms with van der Waals surface area (Å²) in [5, 5.41) is 9.09. The highest BCUT2D eigenvalue weighted by Crippen LogP contribution is 2.29. The van der Waals surface area contributed by atoms with E-state index in [2.05, 4.69) is 36.8 Å². The van der Waals surface area contributed by atoms with E-state index in [0.717, 1.165) is 31.8 Å². The average Bonchev–Trinajstić information content (AvgIpc) is 2.82. The highest BCUT2D eigenvalue weighted by Gasteiger charge is 2.36. The van der Waals surface area contributed by atoms with E-state index in [1.54, 1.807) is 6.26 Å². The van der Waals surface area contributed by atoms with Crippen LogP contribution in [0.15, 0.2) is 22.8 Å². The van der Waals surface area contributed by atoms with Crippen LogP contribution in [0.25, 0.3) is 0 Å². The molecule has 0 aromatic carbocycles. The Bertz CT molecular complexity index is 433. The van der Waals surface area contributed by atoms with Crippen molar-refractivity contribution in [2.75, 3.05) is 20.1 Å². The average molecular weight is 261 g/mol. The molecule has 1 aliphatic heterocycles. The molecule has 0 saturated carbocycles. The van der Waals surface area contributed by atoms with Crippen molar-refractivity contribution in [3.05, 3.63) is 24.2 Å². The van der Waals surface area contributed by atoms with Gasteiger partial charge in [-0.2, -0.15) is 5.26 Å². The lowest BCUT2D eigenvalue weighted by Gasteiger charge is -2.40. The standard InChI is InChI=1S/C15H23N3O/c1-15(2)7-9-17(3)11-13(6-8-16)18(15)12-14-5-4-10-19-14/h4-5,10,13H,6-7,9,11-12H2,1-3H3. The fourth-order valence-corrected chi connectivity index (χ4v) is 2.85. The Hall–Kier alpha value is -1.31. The van der Waals surface area contributed by atoms with E-state index < -0.39 is 0 Å². The van der Waals surface area contributed by atoms with E-state index in [4.69, 9.17) is 9.68 Å². The van der Waals surface area contributed by atoms with E-state index in [1.807, 2.05) is 12.1 Å². The Morgan fingerprint density at radius 1 is 1.53 bits per heavy atom. The van der Waals surface area contributed by atoms with Gasteiger partial charge in [0.15, 0.2) is 0 Å². The molecule has 0 bridgehead atoms. The maximum Gasteiger partial charge on any atom is 0.117 e. The molecule has 0 amide bonds. The van der Waals surface area contributed by atoms with E-state index in [-0.39, 0.29) is 11.6 Å². The molecule has 0 aliphatic carbocycles. The predicted molar refractivity (Wildman–Crippen MR) is 74.5 cm³/mol. The summed E-state index contributed by atoms with van der Waals surface area (Å²) in [5.74, 6) is 0.973. The summed E-state index contributed by atoms with van der Waals surface area (Å²) >= 11 is 0. The second-order valence-corrected chi connectivity index (χ2v) is 6.05. The smallest absolute Gasteiger partial charge is 0.117 e. The summed E-state index contributed by atoms with van der Waals surface area (Å²) in [6.45, 7) is 7.32. The quantitative estimate of drug-likeness (QED) is 0.838. The molecule has 2 rings (SSSR count). The van der Waals surface area contributed by atoms with Gasteiger partial charge in [-0.3, -0.25) is 4.90 Å². The van der Waals surface area contributed by atoms with Crippen molar-refractivity contribution in [3.8, 4) is 6.07 Å². The summed E-state index contributed by atoms with van der Waals surface area (Å²) in [6.07, 6.45) is 3.38. The van der Waals surface area contributed by atoms with Crippen molar-refractivity contribution < 1.29 is 4.42 Å². The maximum absolute atomic E-state index is 9.09. The number of hydrogen-bond acceptors (Lipinski definition) is 4. The fourth-order valence-electron chi connectivity index (χ4n) is 2.85. The van der Waals surface area contributed by atoms with Gasteiger partial charge in [-0.25, -0.2) is 0 Å². The van der Waals surface area contributed by atoms with E-state index in [0.29, 0.717) is 6.42 Å². The van der Waals surface area contributed by atoms with Crippen molar-refractivity contribution in [3.63, 3.8) is 0 Å². The molecule has 4 nitrogen and oxygen atoms in total. The van der Waals surface area contributed by atoms with Gasteiger partial charge in [-0.15, -0.1) is 0 Å². The largest absolute Gasteiger partial charge is 0.468 e. The number of furan rings is 1. The van der Waals surface area contributed by atoms with E-state index in [1.165, 1.54) is 0 Å². The second-order valence-electron chi connectivity index (χ2n) is 6.05. The first-order valence-electron chi connectivity index (χ1n) is 6.87. The molecule has 1 saturated heterocycles. The predicted octanol–water partition coefficient (Wildman–Crippen LogP) is 2.48. The van der Waals surface area contributed by atoms with Crippen LogP contribution >= 0.6 is 0 Å². The minimum atomic E-state index is 0.0824. The molecular weight excluding hydrogens is 238 g/mol. The van der Waals surface area contributed by atoms with Crippen molar-refractivity contribution in [1.82, 2.24) is 9.80 Å². The van der Waals surface area contributed by atoms with Crippen LogP contribution in [0.4, 0.5) is 0 Å². The zero-order valence-electron chi connectivity index (χ0n) is 12.1. The molecule has 0 radical (unpaired) electrons. The molecule has 4 heteroatoms. The zero-order valence-corrected chi connectivity index (χ0v) is 12.1. The van der Waals surface area contributed by atoms with Gasteiger partial charge in [0.2, 0.25) is 0 Å². The van der Waals surface area contributed by atoms with Crippen molar-refractivity contribution >= 4 is 0 Å². The van der Waals surface area contributed by atoms with E-state index >= 15 is 0 Å². The highest BCUT2D eigenvalue weighted by molar-refractivity contribution is 5.02. The third-order valence-corrected chi connectivity index (χ3v) is 4.08. The van der Waals surface area contributed by atoms with Gasteiger partial charge in [0.25, 0.3) is 0 Å².